The number of rotatable bonds is 5. The topological polar surface area (TPSA) is 51.0 Å². The summed E-state index contributed by atoms with van der Waals surface area (Å²) in [4.78, 5) is 3.32. The number of aromatic nitrogens is 1. The summed E-state index contributed by atoms with van der Waals surface area (Å²) in [6.45, 7) is 0.567. The van der Waals surface area contributed by atoms with Crippen LogP contribution in [0.2, 0.25) is 5.02 Å². The van der Waals surface area contributed by atoms with Gasteiger partial charge in [0.25, 0.3) is 0 Å². The Morgan fingerprint density at radius 2 is 2.05 bits per heavy atom. The number of aromatic amines is 1. The van der Waals surface area contributed by atoms with Crippen LogP contribution in [0.4, 0.5) is 0 Å². The second-order valence-electron chi connectivity index (χ2n) is 5.38. The minimum Gasteiger partial charge on any atom is -0.496 e. The number of H-pyrrole nitrogens is 1. The summed E-state index contributed by atoms with van der Waals surface area (Å²) in [5, 5.41) is 1.93. The van der Waals surface area contributed by atoms with Crippen molar-refractivity contribution in [1.29, 1.82) is 0 Å². The van der Waals surface area contributed by atoms with E-state index in [1.165, 1.54) is 10.9 Å². The molecule has 4 heteroatoms. The van der Waals surface area contributed by atoms with E-state index in [2.05, 4.69) is 23.3 Å². The molecule has 1 atom stereocenters. The highest BCUT2D eigenvalue weighted by atomic mass is 35.5. The van der Waals surface area contributed by atoms with Crippen molar-refractivity contribution in [2.45, 2.75) is 12.3 Å². The summed E-state index contributed by atoms with van der Waals surface area (Å²) < 4.78 is 5.44. The number of para-hydroxylation sites is 1. The first-order chi connectivity index (χ1) is 10.7. The SMILES string of the molecule is COc1ccc(Cl)cc1CC(CN)c1c[nH]c2ccccc12. The second kappa shape index (κ2) is 6.42. The van der Waals surface area contributed by atoms with Crippen LogP contribution in [-0.4, -0.2) is 18.6 Å². The molecular weight excluding hydrogens is 296 g/mol. The summed E-state index contributed by atoms with van der Waals surface area (Å²) in [6.07, 6.45) is 2.85. The molecule has 1 aromatic heterocycles. The first-order valence-electron chi connectivity index (χ1n) is 7.31. The van der Waals surface area contributed by atoms with Gasteiger partial charge < -0.3 is 15.5 Å². The summed E-state index contributed by atoms with van der Waals surface area (Å²) in [5.41, 5.74) is 9.49. The van der Waals surface area contributed by atoms with Crippen LogP contribution in [0.3, 0.4) is 0 Å². The number of hydrogen-bond acceptors (Lipinski definition) is 2. The molecule has 114 valence electrons. The maximum atomic E-state index is 6.13. The molecule has 3 rings (SSSR count). The average Bonchev–Trinajstić information content (AvgIpc) is 2.97. The molecule has 22 heavy (non-hydrogen) atoms. The van der Waals surface area contributed by atoms with Crippen LogP contribution in [-0.2, 0) is 6.42 Å². The van der Waals surface area contributed by atoms with Gasteiger partial charge in [-0.05, 0) is 48.4 Å². The van der Waals surface area contributed by atoms with Crippen molar-refractivity contribution in [3.05, 3.63) is 64.8 Å². The largest absolute Gasteiger partial charge is 0.496 e. The summed E-state index contributed by atoms with van der Waals surface area (Å²) >= 11 is 6.13. The number of methoxy groups -OCH3 is 1. The molecule has 1 unspecified atom stereocenters. The molecule has 0 saturated heterocycles. The van der Waals surface area contributed by atoms with Crippen LogP contribution in [0.25, 0.3) is 10.9 Å². The first kappa shape index (κ1) is 14.9. The van der Waals surface area contributed by atoms with Crippen LogP contribution in [0.1, 0.15) is 17.0 Å². The smallest absolute Gasteiger partial charge is 0.122 e. The van der Waals surface area contributed by atoms with E-state index in [9.17, 15) is 0 Å². The molecule has 0 amide bonds. The van der Waals surface area contributed by atoms with Crippen molar-refractivity contribution in [3.63, 3.8) is 0 Å². The fourth-order valence-electron chi connectivity index (χ4n) is 2.92. The van der Waals surface area contributed by atoms with Crippen LogP contribution in [0, 0.1) is 0 Å². The molecule has 3 aromatic rings. The Balaban J connectivity index is 1.97. The van der Waals surface area contributed by atoms with Crippen molar-refractivity contribution in [1.82, 2.24) is 4.98 Å². The Morgan fingerprint density at radius 3 is 2.82 bits per heavy atom. The number of benzene rings is 2. The lowest BCUT2D eigenvalue weighted by Gasteiger charge is -2.17. The monoisotopic (exact) mass is 314 g/mol. The summed E-state index contributed by atoms with van der Waals surface area (Å²) in [6, 6.07) is 14.0. The van der Waals surface area contributed by atoms with Crippen molar-refractivity contribution < 1.29 is 4.74 Å². The molecule has 0 radical (unpaired) electrons. The lowest BCUT2D eigenvalue weighted by molar-refractivity contribution is 0.408. The van der Waals surface area contributed by atoms with Crippen LogP contribution >= 0.6 is 11.6 Å². The number of ether oxygens (including phenoxy) is 1. The summed E-state index contributed by atoms with van der Waals surface area (Å²) in [7, 11) is 1.68. The predicted octanol–water partition coefficient (Wildman–Crippen LogP) is 4.11. The van der Waals surface area contributed by atoms with E-state index < -0.39 is 0 Å². The zero-order valence-corrected chi connectivity index (χ0v) is 13.2. The third-order valence-corrected chi connectivity index (χ3v) is 4.29. The van der Waals surface area contributed by atoms with E-state index in [0.29, 0.717) is 11.6 Å². The molecule has 0 spiro atoms. The molecule has 1 heterocycles. The Kier molecular flexibility index (Phi) is 4.36. The molecule has 2 aromatic carbocycles. The molecule has 0 aliphatic rings. The van der Waals surface area contributed by atoms with Crippen LogP contribution in [0.5, 0.6) is 5.75 Å². The quantitative estimate of drug-likeness (QED) is 0.744. The Morgan fingerprint density at radius 1 is 1.23 bits per heavy atom. The third kappa shape index (κ3) is 2.82. The maximum absolute atomic E-state index is 6.13. The minimum absolute atomic E-state index is 0.212. The van der Waals surface area contributed by atoms with Gasteiger partial charge in [0.05, 0.1) is 7.11 Å². The number of halogens is 1. The first-order valence-corrected chi connectivity index (χ1v) is 7.69. The van der Waals surface area contributed by atoms with Gasteiger partial charge in [0.2, 0.25) is 0 Å². The Labute approximate surface area is 135 Å². The van der Waals surface area contributed by atoms with Crippen molar-refractivity contribution in [2.75, 3.05) is 13.7 Å². The third-order valence-electron chi connectivity index (χ3n) is 4.05. The highest BCUT2D eigenvalue weighted by Gasteiger charge is 2.17. The van der Waals surface area contributed by atoms with Gasteiger partial charge in [0.1, 0.15) is 5.75 Å². The van der Waals surface area contributed by atoms with Crippen molar-refractivity contribution in [2.24, 2.45) is 5.73 Å². The van der Waals surface area contributed by atoms with Gasteiger partial charge >= 0.3 is 0 Å². The van der Waals surface area contributed by atoms with Gasteiger partial charge in [-0.15, -0.1) is 0 Å². The zero-order valence-electron chi connectivity index (χ0n) is 12.5. The molecule has 0 bridgehead atoms. The molecular formula is C18H19ClN2O. The summed E-state index contributed by atoms with van der Waals surface area (Å²) in [5.74, 6) is 1.06. The fourth-order valence-corrected chi connectivity index (χ4v) is 3.12. The molecule has 3 nitrogen and oxygen atoms in total. The number of nitrogens with two attached hydrogens (primary N) is 1. The Hall–Kier alpha value is -1.97. The van der Waals surface area contributed by atoms with Gasteiger partial charge in [-0.1, -0.05) is 29.8 Å². The van der Waals surface area contributed by atoms with Gasteiger partial charge in [-0.2, -0.15) is 0 Å². The average molecular weight is 315 g/mol. The lowest BCUT2D eigenvalue weighted by atomic mass is 9.91. The zero-order chi connectivity index (χ0) is 15.5. The molecule has 0 aliphatic heterocycles. The molecule has 0 aliphatic carbocycles. The molecule has 0 saturated carbocycles. The number of nitrogens with one attached hydrogen (secondary N) is 1. The Bertz CT molecular complexity index is 782. The van der Waals surface area contributed by atoms with E-state index in [1.807, 2.05) is 30.3 Å². The number of fused-ring (bicyclic) bond motifs is 1. The van der Waals surface area contributed by atoms with Gasteiger partial charge in [0.15, 0.2) is 0 Å². The van der Waals surface area contributed by atoms with Crippen LogP contribution in [0.15, 0.2) is 48.7 Å². The standard InChI is InChI=1S/C18H19ClN2O/c1-22-18-7-6-14(19)9-12(18)8-13(10-20)16-11-21-17-5-3-2-4-15(16)17/h2-7,9,11,13,21H,8,10,20H2,1H3. The normalized spacial score (nSPS) is 12.5. The van der Waals surface area contributed by atoms with Gasteiger partial charge in [-0.25, -0.2) is 0 Å². The van der Waals surface area contributed by atoms with Gasteiger partial charge in [-0.3, -0.25) is 0 Å². The van der Waals surface area contributed by atoms with Crippen LogP contribution < -0.4 is 10.5 Å². The van der Waals surface area contributed by atoms with E-state index >= 15 is 0 Å². The van der Waals surface area contributed by atoms with Gasteiger partial charge in [0, 0.05) is 28.0 Å². The lowest BCUT2D eigenvalue weighted by Crippen LogP contribution is -2.15. The molecule has 3 N–H and O–H groups in total. The highest BCUT2D eigenvalue weighted by molar-refractivity contribution is 6.30. The fraction of sp³-hybridized carbons (Fsp3) is 0.222. The molecule has 0 fully saturated rings. The van der Waals surface area contributed by atoms with Crippen molar-refractivity contribution in [3.8, 4) is 5.75 Å². The van der Waals surface area contributed by atoms with E-state index in [0.717, 1.165) is 23.3 Å². The second-order valence-corrected chi connectivity index (χ2v) is 5.82. The van der Waals surface area contributed by atoms with E-state index in [1.54, 1.807) is 7.11 Å². The maximum Gasteiger partial charge on any atom is 0.122 e. The highest BCUT2D eigenvalue weighted by Crippen LogP contribution is 2.31. The van der Waals surface area contributed by atoms with E-state index in [4.69, 9.17) is 22.1 Å². The number of hydrogen-bond donors (Lipinski definition) is 2. The predicted molar refractivity (Wildman–Crippen MR) is 91.8 cm³/mol. The minimum atomic E-state index is 0.212. The van der Waals surface area contributed by atoms with E-state index in [-0.39, 0.29) is 5.92 Å². The van der Waals surface area contributed by atoms with Crippen molar-refractivity contribution >= 4 is 22.5 Å².